The van der Waals surface area contributed by atoms with Crippen LogP contribution in [0.2, 0.25) is 0 Å². The Kier molecular flexibility index (Phi) is 2.17. The van der Waals surface area contributed by atoms with Gasteiger partial charge in [-0.15, -0.1) is 0 Å². The summed E-state index contributed by atoms with van der Waals surface area (Å²) >= 11 is 0. The molecule has 0 saturated carbocycles. The zero-order valence-corrected chi connectivity index (χ0v) is 9.19. The highest BCUT2D eigenvalue weighted by molar-refractivity contribution is 5.47. The minimum Gasteiger partial charge on any atom is -0.382 e. The molecular formula is C13H15N3. The van der Waals surface area contributed by atoms with E-state index >= 15 is 0 Å². The summed E-state index contributed by atoms with van der Waals surface area (Å²) in [6, 6.07) is 8.29. The lowest BCUT2D eigenvalue weighted by atomic mass is 9.90. The van der Waals surface area contributed by atoms with Gasteiger partial charge in [-0.1, -0.05) is 12.1 Å². The van der Waals surface area contributed by atoms with Crippen LogP contribution in [-0.2, 0) is 12.8 Å². The molecule has 82 valence electrons. The highest BCUT2D eigenvalue weighted by atomic mass is 15.3. The van der Waals surface area contributed by atoms with Crippen LogP contribution in [-0.4, -0.2) is 9.78 Å². The summed E-state index contributed by atoms with van der Waals surface area (Å²) in [4.78, 5) is 0. The fourth-order valence-electron chi connectivity index (χ4n) is 2.45. The molecule has 0 radical (unpaired) electrons. The van der Waals surface area contributed by atoms with Gasteiger partial charge in [-0.25, -0.2) is 4.68 Å². The monoisotopic (exact) mass is 213 g/mol. The number of nitrogen functional groups attached to an aromatic ring is 1. The van der Waals surface area contributed by atoms with Crippen LogP contribution in [0.25, 0.3) is 5.69 Å². The number of fused-ring (bicyclic) bond motifs is 1. The second-order valence-corrected chi connectivity index (χ2v) is 4.31. The smallest absolute Gasteiger partial charge is 0.145 e. The molecule has 3 rings (SSSR count). The second kappa shape index (κ2) is 3.67. The molecular weight excluding hydrogens is 198 g/mol. The van der Waals surface area contributed by atoms with E-state index in [0.717, 1.165) is 6.42 Å². The largest absolute Gasteiger partial charge is 0.382 e. The molecule has 2 aromatic rings. The molecule has 3 heteroatoms. The van der Waals surface area contributed by atoms with Crippen molar-refractivity contribution >= 4 is 5.82 Å². The van der Waals surface area contributed by atoms with E-state index in [0.29, 0.717) is 5.82 Å². The molecule has 0 fully saturated rings. The third kappa shape index (κ3) is 1.48. The summed E-state index contributed by atoms with van der Waals surface area (Å²) in [7, 11) is 0. The summed E-state index contributed by atoms with van der Waals surface area (Å²) in [6.45, 7) is 0. The van der Waals surface area contributed by atoms with Gasteiger partial charge in [-0.05, 0) is 42.9 Å². The maximum absolute atomic E-state index is 5.66. The fourth-order valence-corrected chi connectivity index (χ4v) is 2.45. The molecule has 1 aromatic heterocycles. The van der Waals surface area contributed by atoms with Gasteiger partial charge in [0, 0.05) is 12.3 Å². The van der Waals surface area contributed by atoms with Crippen LogP contribution in [0.5, 0.6) is 0 Å². The fraction of sp³-hybridized carbons (Fsp3) is 0.308. The number of benzene rings is 1. The Bertz CT molecular complexity index is 514. The minimum atomic E-state index is 0.577. The minimum absolute atomic E-state index is 0.577. The maximum atomic E-state index is 5.66. The molecule has 1 aliphatic rings. The topological polar surface area (TPSA) is 43.8 Å². The van der Waals surface area contributed by atoms with Crippen LogP contribution >= 0.6 is 0 Å². The normalized spacial score (nSPS) is 14.8. The Hall–Kier alpha value is -1.77. The van der Waals surface area contributed by atoms with Crippen molar-refractivity contribution < 1.29 is 0 Å². The first kappa shape index (κ1) is 9.46. The van der Waals surface area contributed by atoms with Crippen LogP contribution in [0.15, 0.2) is 30.5 Å². The molecule has 1 aromatic carbocycles. The number of aryl methyl sites for hydroxylation is 1. The molecule has 0 amide bonds. The number of rotatable bonds is 1. The molecule has 0 unspecified atom stereocenters. The molecule has 16 heavy (non-hydrogen) atoms. The highest BCUT2D eigenvalue weighted by Crippen LogP contribution is 2.26. The third-order valence-electron chi connectivity index (χ3n) is 3.23. The lowest BCUT2D eigenvalue weighted by molar-refractivity contribution is 0.677. The standard InChI is InChI=1S/C13H15N3/c14-13-8-9-16(15-13)12-7-3-5-10-4-1-2-6-11(10)12/h3,5,7-9H,1-2,4,6H2,(H2,14,15). The molecule has 2 N–H and O–H groups in total. The Labute approximate surface area is 94.9 Å². The maximum Gasteiger partial charge on any atom is 0.145 e. The molecule has 0 bridgehead atoms. The Morgan fingerprint density at radius 3 is 2.81 bits per heavy atom. The SMILES string of the molecule is Nc1ccn(-c2cccc3c2CCCC3)n1. The zero-order chi connectivity index (χ0) is 11.0. The molecule has 3 nitrogen and oxygen atoms in total. The summed E-state index contributed by atoms with van der Waals surface area (Å²) in [6.07, 6.45) is 6.86. The van der Waals surface area contributed by atoms with E-state index in [9.17, 15) is 0 Å². The predicted octanol–water partition coefficient (Wildman–Crippen LogP) is 2.33. The van der Waals surface area contributed by atoms with Gasteiger partial charge in [0.2, 0.25) is 0 Å². The highest BCUT2D eigenvalue weighted by Gasteiger charge is 2.14. The third-order valence-corrected chi connectivity index (χ3v) is 3.23. The Morgan fingerprint density at radius 1 is 1.12 bits per heavy atom. The summed E-state index contributed by atoms with van der Waals surface area (Å²) in [5.74, 6) is 0.577. The molecule has 0 saturated heterocycles. The van der Waals surface area contributed by atoms with Gasteiger partial charge < -0.3 is 5.73 Å². The van der Waals surface area contributed by atoms with Crippen molar-refractivity contribution in [2.75, 3.05) is 5.73 Å². The van der Waals surface area contributed by atoms with Crippen molar-refractivity contribution in [3.63, 3.8) is 0 Å². The summed E-state index contributed by atoms with van der Waals surface area (Å²) in [5.41, 5.74) is 9.76. The van der Waals surface area contributed by atoms with Crippen molar-refractivity contribution in [1.82, 2.24) is 9.78 Å². The number of hydrogen-bond acceptors (Lipinski definition) is 2. The molecule has 1 heterocycles. The van der Waals surface area contributed by atoms with Gasteiger partial charge in [0.15, 0.2) is 0 Å². The van der Waals surface area contributed by atoms with Crippen LogP contribution in [0.4, 0.5) is 5.82 Å². The molecule has 1 aliphatic carbocycles. The first-order valence-electron chi connectivity index (χ1n) is 5.77. The Balaban J connectivity index is 2.13. The van der Waals surface area contributed by atoms with Crippen LogP contribution in [0.3, 0.4) is 0 Å². The van der Waals surface area contributed by atoms with Gasteiger partial charge in [-0.2, -0.15) is 5.10 Å². The number of nitrogens with zero attached hydrogens (tertiary/aromatic N) is 2. The molecule has 0 spiro atoms. The van der Waals surface area contributed by atoms with Crippen molar-refractivity contribution in [3.05, 3.63) is 41.6 Å². The number of anilines is 1. The van der Waals surface area contributed by atoms with E-state index in [1.807, 2.05) is 16.9 Å². The molecule has 0 aliphatic heterocycles. The van der Waals surface area contributed by atoms with Crippen molar-refractivity contribution in [2.24, 2.45) is 0 Å². The van der Waals surface area contributed by atoms with Crippen molar-refractivity contribution in [3.8, 4) is 5.69 Å². The van der Waals surface area contributed by atoms with E-state index in [-0.39, 0.29) is 0 Å². The van der Waals surface area contributed by atoms with E-state index < -0.39 is 0 Å². The van der Waals surface area contributed by atoms with Gasteiger partial charge in [0.1, 0.15) is 5.82 Å². The number of aromatic nitrogens is 2. The summed E-state index contributed by atoms with van der Waals surface area (Å²) < 4.78 is 1.89. The number of nitrogens with two attached hydrogens (primary N) is 1. The van der Waals surface area contributed by atoms with E-state index in [1.165, 1.54) is 36.1 Å². The van der Waals surface area contributed by atoms with Crippen molar-refractivity contribution in [1.29, 1.82) is 0 Å². The van der Waals surface area contributed by atoms with Gasteiger partial charge in [0.05, 0.1) is 5.69 Å². The predicted molar refractivity (Wildman–Crippen MR) is 64.6 cm³/mol. The van der Waals surface area contributed by atoms with Crippen molar-refractivity contribution in [2.45, 2.75) is 25.7 Å². The average molecular weight is 213 g/mol. The van der Waals surface area contributed by atoms with Gasteiger partial charge in [-0.3, -0.25) is 0 Å². The van der Waals surface area contributed by atoms with Gasteiger partial charge in [0.25, 0.3) is 0 Å². The quantitative estimate of drug-likeness (QED) is 0.790. The van der Waals surface area contributed by atoms with E-state index in [4.69, 9.17) is 5.73 Å². The second-order valence-electron chi connectivity index (χ2n) is 4.31. The Morgan fingerprint density at radius 2 is 2.00 bits per heavy atom. The van der Waals surface area contributed by atoms with Gasteiger partial charge >= 0.3 is 0 Å². The van der Waals surface area contributed by atoms with E-state index in [2.05, 4.69) is 23.3 Å². The van der Waals surface area contributed by atoms with E-state index in [1.54, 1.807) is 0 Å². The zero-order valence-electron chi connectivity index (χ0n) is 9.19. The lowest BCUT2D eigenvalue weighted by Gasteiger charge is -2.18. The molecule has 0 atom stereocenters. The lowest BCUT2D eigenvalue weighted by Crippen LogP contribution is -2.08. The van der Waals surface area contributed by atoms with Crippen LogP contribution < -0.4 is 5.73 Å². The van der Waals surface area contributed by atoms with Crippen LogP contribution in [0, 0.1) is 0 Å². The first-order valence-corrected chi connectivity index (χ1v) is 5.77. The number of hydrogen-bond donors (Lipinski definition) is 1. The van der Waals surface area contributed by atoms with Crippen LogP contribution in [0.1, 0.15) is 24.0 Å². The average Bonchev–Trinajstić information content (AvgIpc) is 2.75. The summed E-state index contributed by atoms with van der Waals surface area (Å²) in [5, 5.41) is 4.28. The first-order chi connectivity index (χ1) is 7.84.